The second kappa shape index (κ2) is 9.45. The molecule has 4 rings (SSSR count). The van der Waals surface area contributed by atoms with Gasteiger partial charge in [0.1, 0.15) is 0 Å². The van der Waals surface area contributed by atoms with Crippen LogP contribution in [0.5, 0.6) is 0 Å². The highest BCUT2D eigenvalue weighted by atomic mass is 32.2. The van der Waals surface area contributed by atoms with Gasteiger partial charge in [0, 0.05) is 19.1 Å². The smallest absolute Gasteiger partial charge is 0.0431 e. The van der Waals surface area contributed by atoms with Gasteiger partial charge in [-0.1, -0.05) is 52.0 Å². The van der Waals surface area contributed by atoms with Crippen LogP contribution in [-0.2, 0) is 10.8 Å². The molecular formula is C28H41NOS. The van der Waals surface area contributed by atoms with Crippen LogP contribution in [0.1, 0.15) is 89.3 Å². The Hall–Kier alpha value is -1.03. The van der Waals surface area contributed by atoms with Crippen LogP contribution in [0.25, 0.3) is 5.57 Å². The van der Waals surface area contributed by atoms with Crippen LogP contribution in [0.3, 0.4) is 0 Å². The van der Waals surface area contributed by atoms with Crippen molar-refractivity contribution < 1.29 is 5.11 Å². The molecule has 170 valence electrons. The van der Waals surface area contributed by atoms with Gasteiger partial charge in [0.15, 0.2) is 0 Å². The summed E-state index contributed by atoms with van der Waals surface area (Å²) in [7, 11) is 0. The van der Waals surface area contributed by atoms with Gasteiger partial charge in [-0.15, -0.1) is 11.8 Å². The van der Waals surface area contributed by atoms with E-state index >= 15 is 0 Å². The van der Waals surface area contributed by atoms with Gasteiger partial charge in [-0.05, 0) is 101 Å². The average Bonchev–Trinajstić information content (AvgIpc) is 2.77. The zero-order valence-corrected chi connectivity index (χ0v) is 20.9. The van der Waals surface area contributed by atoms with Gasteiger partial charge in [0.2, 0.25) is 0 Å². The molecule has 0 spiro atoms. The van der Waals surface area contributed by atoms with E-state index in [9.17, 15) is 0 Å². The third kappa shape index (κ3) is 5.15. The van der Waals surface area contributed by atoms with E-state index in [0.717, 1.165) is 25.8 Å². The van der Waals surface area contributed by atoms with Crippen molar-refractivity contribution in [2.24, 2.45) is 5.92 Å². The Morgan fingerprint density at radius 2 is 1.84 bits per heavy atom. The Bertz CT molecular complexity index is 851. The Kier molecular flexibility index (Phi) is 7.05. The van der Waals surface area contributed by atoms with Crippen LogP contribution in [0.15, 0.2) is 34.6 Å². The summed E-state index contributed by atoms with van der Waals surface area (Å²) in [6.45, 7) is 13.5. The highest BCUT2D eigenvalue weighted by molar-refractivity contribution is 8.06. The number of thioether (sulfide) groups is 1. The monoisotopic (exact) mass is 439 g/mol. The van der Waals surface area contributed by atoms with Gasteiger partial charge < -0.3 is 10.0 Å². The Labute approximate surface area is 194 Å². The lowest BCUT2D eigenvalue weighted by Gasteiger charge is -2.42. The third-order valence-electron chi connectivity index (χ3n) is 7.87. The molecule has 0 radical (unpaired) electrons. The van der Waals surface area contributed by atoms with E-state index in [2.05, 4.69) is 62.3 Å². The van der Waals surface area contributed by atoms with Crippen molar-refractivity contribution in [3.05, 3.63) is 51.3 Å². The number of rotatable bonds is 6. The van der Waals surface area contributed by atoms with Gasteiger partial charge in [0.05, 0.1) is 0 Å². The predicted octanol–water partition coefficient (Wildman–Crippen LogP) is 6.88. The van der Waals surface area contributed by atoms with Crippen molar-refractivity contribution in [1.29, 1.82) is 0 Å². The Morgan fingerprint density at radius 1 is 1.06 bits per heavy atom. The summed E-state index contributed by atoms with van der Waals surface area (Å²) in [5, 5.41) is 11.5. The molecule has 1 fully saturated rings. The molecule has 2 heterocycles. The fraction of sp³-hybridized carbons (Fsp3) is 0.643. The van der Waals surface area contributed by atoms with Crippen molar-refractivity contribution >= 4 is 17.3 Å². The summed E-state index contributed by atoms with van der Waals surface area (Å²) >= 11 is 1.97. The highest BCUT2D eigenvalue weighted by Crippen LogP contribution is 2.47. The van der Waals surface area contributed by atoms with E-state index < -0.39 is 0 Å². The minimum absolute atomic E-state index is 0.270. The second-order valence-electron chi connectivity index (χ2n) is 11.2. The van der Waals surface area contributed by atoms with Crippen molar-refractivity contribution in [3.63, 3.8) is 0 Å². The number of aliphatic hydroxyl groups excluding tert-OH is 1. The van der Waals surface area contributed by atoms with E-state index in [1.165, 1.54) is 49.9 Å². The molecule has 0 amide bonds. The molecule has 0 bridgehead atoms. The van der Waals surface area contributed by atoms with Crippen LogP contribution in [-0.4, -0.2) is 36.2 Å². The number of piperidine rings is 1. The largest absolute Gasteiger partial charge is 0.396 e. The zero-order chi connectivity index (χ0) is 22.1. The summed E-state index contributed by atoms with van der Waals surface area (Å²) < 4.78 is 0. The van der Waals surface area contributed by atoms with Crippen LogP contribution in [0.4, 0.5) is 0 Å². The summed E-state index contributed by atoms with van der Waals surface area (Å²) in [6, 6.07) is 7.30. The van der Waals surface area contributed by atoms with Crippen molar-refractivity contribution in [2.45, 2.75) is 83.5 Å². The molecule has 1 aliphatic carbocycles. The third-order valence-corrected chi connectivity index (χ3v) is 9.05. The molecule has 1 N–H and O–H groups in total. The quantitative estimate of drug-likeness (QED) is 0.489. The number of fused-ring (bicyclic) bond motifs is 1. The van der Waals surface area contributed by atoms with E-state index in [4.69, 9.17) is 5.11 Å². The van der Waals surface area contributed by atoms with E-state index in [1.54, 1.807) is 16.0 Å². The molecule has 3 aliphatic rings. The second-order valence-corrected chi connectivity index (χ2v) is 12.1. The maximum atomic E-state index is 9.05. The first-order valence-electron chi connectivity index (χ1n) is 12.3. The van der Waals surface area contributed by atoms with E-state index in [0.29, 0.717) is 12.5 Å². The molecule has 1 unspecified atom stereocenters. The maximum absolute atomic E-state index is 9.05. The van der Waals surface area contributed by atoms with E-state index in [1.807, 2.05) is 11.8 Å². The molecule has 2 aliphatic heterocycles. The first-order valence-corrected chi connectivity index (χ1v) is 13.2. The predicted molar refractivity (Wildman–Crippen MR) is 135 cm³/mol. The number of nitrogens with zero attached hydrogens (tertiary/aromatic N) is 1. The van der Waals surface area contributed by atoms with Gasteiger partial charge in [0.25, 0.3) is 0 Å². The van der Waals surface area contributed by atoms with Gasteiger partial charge >= 0.3 is 0 Å². The number of hydrogen-bond donors (Lipinski definition) is 1. The lowest BCUT2D eigenvalue weighted by atomic mass is 9.63. The van der Waals surface area contributed by atoms with Gasteiger partial charge in [-0.25, -0.2) is 0 Å². The van der Waals surface area contributed by atoms with Crippen LogP contribution in [0, 0.1) is 5.92 Å². The number of allylic oxidation sites excluding steroid dienone is 2. The topological polar surface area (TPSA) is 23.5 Å². The highest BCUT2D eigenvalue weighted by Gasteiger charge is 2.37. The molecular weight excluding hydrogens is 398 g/mol. The van der Waals surface area contributed by atoms with Crippen molar-refractivity contribution in [3.8, 4) is 0 Å². The Balaban J connectivity index is 1.44. The standard InChI is InChI=1S/C28H41NOS/c1-27(2)13-14-28(3,4)25-18-21(9-11-24(25)27)23-10-12-26(31-20-23)22-8-7-16-29(19-22)15-5-6-17-30/h9,11-12,18,20,22,30H,5-8,10,13-17,19H2,1-4H3. The number of likely N-dealkylation sites (tertiary alicyclic amines) is 1. The first-order chi connectivity index (χ1) is 14.8. The summed E-state index contributed by atoms with van der Waals surface area (Å²) in [4.78, 5) is 4.19. The molecule has 1 aromatic rings. The fourth-order valence-corrected chi connectivity index (χ4v) is 6.70. The summed E-state index contributed by atoms with van der Waals surface area (Å²) in [5.74, 6) is 0.689. The maximum Gasteiger partial charge on any atom is 0.0431 e. The number of unbranched alkanes of at least 4 members (excludes halogenated alkanes) is 1. The Morgan fingerprint density at radius 3 is 2.55 bits per heavy atom. The molecule has 3 heteroatoms. The minimum atomic E-state index is 0.270. The molecule has 1 aromatic carbocycles. The number of benzene rings is 1. The lowest BCUT2D eigenvalue weighted by Crippen LogP contribution is -2.36. The number of aliphatic hydroxyl groups is 1. The molecule has 0 saturated carbocycles. The summed E-state index contributed by atoms with van der Waals surface area (Å²) in [5.41, 5.74) is 6.57. The van der Waals surface area contributed by atoms with Gasteiger partial charge in [-0.3, -0.25) is 0 Å². The van der Waals surface area contributed by atoms with Crippen LogP contribution in [0.2, 0.25) is 0 Å². The number of hydrogen-bond acceptors (Lipinski definition) is 3. The SMILES string of the molecule is CC1(C)CCC(C)(C)c2cc(C3=CSC(C4CCCN(CCCCO)C4)=CC3)ccc21. The van der Waals surface area contributed by atoms with Crippen LogP contribution < -0.4 is 0 Å². The summed E-state index contributed by atoms with van der Waals surface area (Å²) in [6.07, 6.45) is 10.8. The lowest BCUT2D eigenvalue weighted by molar-refractivity contribution is 0.185. The fourth-order valence-electron chi connectivity index (χ4n) is 5.62. The van der Waals surface area contributed by atoms with Crippen molar-refractivity contribution in [2.75, 3.05) is 26.2 Å². The van der Waals surface area contributed by atoms with Crippen LogP contribution >= 0.6 is 11.8 Å². The normalized spacial score (nSPS) is 25.5. The zero-order valence-electron chi connectivity index (χ0n) is 20.0. The average molecular weight is 440 g/mol. The molecule has 0 aromatic heterocycles. The van der Waals surface area contributed by atoms with Crippen molar-refractivity contribution in [1.82, 2.24) is 4.90 Å². The molecule has 2 nitrogen and oxygen atoms in total. The first kappa shape index (κ1) is 23.1. The minimum Gasteiger partial charge on any atom is -0.396 e. The van der Waals surface area contributed by atoms with Gasteiger partial charge in [-0.2, -0.15) is 0 Å². The molecule has 1 atom stereocenters. The van der Waals surface area contributed by atoms with E-state index in [-0.39, 0.29) is 10.8 Å². The molecule has 1 saturated heterocycles. The molecule has 31 heavy (non-hydrogen) atoms.